The van der Waals surface area contributed by atoms with Gasteiger partial charge in [-0.2, -0.15) is 0 Å². The monoisotopic (exact) mass is 318 g/mol. The summed E-state index contributed by atoms with van der Waals surface area (Å²) >= 11 is 0. The van der Waals surface area contributed by atoms with Gasteiger partial charge in [0.05, 0.1) is 5.41 Å². The summed E-state index contributed by atoms with van der Waals surface area (Å²) in [6.45, 7) is 7.25. The van der Waals surface area contributed by atoms with Crippen LogP contribution in [-0.2, 0) is 11.2 Å². The zero-order valence-corrected chi connectivity index (χ0v) is 14.1. The Morgan fingerprint density at radius 2 is 1.96 bits per heavy atom. The van der Waals surface area contributed by atoms with Crippen LogP contribution < -0.4 is 5.32 Å². The summed E-state index contributed by atoms with van der Waals surface area (Å²) in [5.41, 5.74) is 0.357. The van der Waals surface area contributed by atoms with Crippen LogP contribution in [0.3, 0.4) is 0 Å². The molecule has 0 radical (unpaired) electrons. The van der Waals surface area contributed by atoms with E-state index >= 15 is 0 Å². The molecule has 5 nitrogen and oxygen atoms in total. The van der Waals surface area contributed by atoms with Crippen molar-refractivity contribution in [1.29, 1.82) is 0 Å². The van der Waals surface area contributed by atoms with Gasteiger partial charge in [-0.25, -0.2) is 4.79 Å². The van der Waals surface area contributed by atoms with Crippen LogP contribution in [0.5, 0.6) is 0 Å². The molecular weight excluding hydrogens is 292 g/mol. The smallest absolute Gasteiger partial charge is 0.317 e. The fourth-order valence-corrected chi connectivity index (χ4v) is 2.95. The summed E-state index contributed by atoms with van der Waals surface area (Å²) in [5.74, 6) is -0.836. The fraction of sp³-hybridized carbons (Fsp3) is 0.556. The minimum Gasteiger partial charge on any atom is -0.481 e. The van der Waals surface area contributed by atoms with Gasteiger partial charge in [0, 0.05) is 19.6 Å². The van der Waals surface area contributed by atoms with Crippen LogP contribution in [0.2, 0.25) is 0 Å². The molecule has 2 amide bonds. The van der Waals surface area contributed by atoms with Crippen molar-refractivity contribution in [2.24, 2.45) is 10.8 Å². The SMILES string of the molecule is CC(C)(CNC(=O)N1CCC(C)(C(=O)O)C1)Cc1ccccc1. The number of amides is 2. The molecule has 23 heavy (non-hydrogen) atoms. The molecule has 1 aliphatic rings. The maximum Gasteiger partial charge on any atom is 0.317 e. The Kier molecular flexibility index (Phi) is 4.97. The largest absolute Gasteiger partial charge is 0.481 e. The van der Waals surface area contributed by atoms with E-state index in [9.17, 15) is 14.7 Å². The predicted molar refractivity (Wildman–Crippen MR) is 89.3 cm³/mol. The average Bonchev–Trinajstić information content (AvgIpc) is 2.90. The van der Waals surface area contributed by atoms with Gasteiger partial charge in [0.25, 0.3) is 0 Å². The zero-order chi connectivity index (χ0) is 17.1. The van der Waals surface area contributed by atoms with Gasteiger partial charge in [-0.3, -0.25) is 4.79 Å². The first-order valence-electron chi connectivity index (χ1n) is 8.02. The van der Waals surface area contributed by atoms with E-state index in [2.05, 4.69) is 31.3 Å². The van der Waals surface area contributed by atoms with E-state index in [1.54, 1.807) is 11.8 Å². The number of hydrogen-bond acceptors (Lipinski definition) is 2. The Morgan fingerprint density at radius 3 is 2.52 bits per heavy atom. The molecule has 0 bridgehead atoms. The van der Waals surface area contributed by atoms with Gasteiger partial charge in [0.15, 0.2) is 0 Å². The third-order valence-electron chi connectivity index (χ3n) is 4.52. The second-order valence-corrected chi connectivity index (χ2v) is 7.52. The maximum atomic E-state index is 12.3. The highest BCUT2D eigenvalue weighted by Gasteiger charge is 2.42. The number of nitrogens with zero attached hydrogens (tertiary/aromatic N) is 1. The molecule has 1 fully saturated rings. The van der Waals surface area contributed by atoms with E-state index in [-0.39, 0.29) is 18.0 Å². The maximum absolute atomic E-state index is 12.3. The molecule has 0 saturated carbocycles. The number of carboxylic acid groups (broad SMARTS) is 1. The zero-order valence-electron chi connectivity index (χ0n) is 14.1. The number of urea groups is 1. The highest BCUT2D eigenvalue weighted by atomic mass is 16.4. The van der Waals surface area contributed by atoms with E-state index < -0.39 is 11.4 Å². The highest BCUT2D eigenvalue weighted by Crippen LogP contribution is 2.30. The van der Waals surface area contributed by atoms with Crippen LogP contribution in [0, 0.1) is 10.8 Å². The predicted octanol–water partition coefficient (Wildman–Crippen LogP) is 2.76. The van der Waals surface area contributed by atoms with Gasteiger partial charge < -0.3 is 15.3 Å². The van der Waals surface area contributed by atoms with Gasteiger partial charge in [-0.05, 0) is 30.7 Å². The lowest BCUT2D eigenvalue weighted by Crippen LogP contribution is -2.44. The molecule has 2 rings (SSSR count). The number of carbonyl (C=O) groups excluding carboxylic acids is 1. The molecule has 1 heterocycles. The summed E-state index contributed by atoms with van der Waals surface area (Å²) in [7, 11) is 0. The standard InChI is InChI=1S/C18H26N2O3/c1-17(2,11-14-7-5-4-6-8-14)12-19-16(23)20-10-9-18(3,13-20)15(21)22/h4-8H,9-13H2,1-3H3,(H,19,23)(H,21,22). The molecule has 0 aromatic heterocycles. The first-order chi connectivity index (χ1) is 10.7. The van der Waals surface area contributed by atoms with Crippen molar-refractivity contribution in [2.75, 3.05) is 19.6 Å². The van der Waals surface area contributed by atoms with E-state index in [1.165, 1.54) is 5.56 Å². The Hall–Kier alpha value is -2.04. The average molecular weight is 318 g/mol. The van der Waals surface area contributed by atoms with Crippen LogP contribution in [0.4, 0.5) is 4.79 Å². The molecule has 1 aliphatic heterocycles. The molecule has 1 aromatic carbocycles. The third kappa shape index (κ3) is 4.47. The van der Waals surface area contributed by atoms with Crippen molar-refractivity contribution >= 4 is 12.0 Å². The summed E-state index contributed by atoms with van der Waals surface area (Å²) in [4.78, 5) is 25.1. The fourth-order valence-electron chi connectivity index (χ4n) is 2.95. The number of rotatable bonds is 5. The molecule has 1 saturated heterocycles. The number of carbonyl (C=O) groups is 2. The van der Waals surface area contributed by atoms with Crippen molar-refractivity contribution in [1.82, 2.24) is 10.2 Å². The minimum atomic E-state index is -0.836. The van der Waals surface area contributed by atoms with E-state index in [1.807, 2.05) is 18.2 Å². The van der Waals surface area contributed by atoms with Crippen molar-refractivity contribution < 1.29 is 14.7 Å². The molecule has 1 unspecified atom stereocenters. The van der Waals surface area contributed by atoms with Gasteiger partial charge in [0.2, 0.25) is 0 Å². The summed E-state index contributed by atoms with van der Waals surface area (Å²) in [6, 6.07) is 10.0. The number of benzene rings is 1. The van der Waals surface area contributed by atoms with Crippen LogP contribution in [0.25, 0.3) is 0 Å². The van der Waals surface area contributed by atoms with Crippen LogP contribution in [-0.4, -0.2) is 41.6 Å². The number of likely N-dealkylation sites (tertiary alicyclic amines) is 1. The second kappa shape index (κ2) is 6.60. The first-order valence-corrected chi connectivity index (χ1v) is 8.02. The lowest BCUT2D eigenvalue weighted by molar-refractivity contribution is -0.147. The van der Waals surface area contributed by atoms with Crippen LogP contribution in [0.1, 0.15) is 32.8 Å². The lowest BCUT2D eigenvalue weighted by atomic mass is 9.86. The Labute approximate surface area is 137 Å². The number of nitrogens with one attached hydrogen (secondary N) is 1. The normalized spacial score (nSPS) is 21.3. The van der Waals surface area contributed by atoms with Crippen molar-refractivity contribution in [3.8, 4) is 0 Å². The highest BCUT2D eigenvalue weighted by molar-refractivity contribution is 5.79. The molecule has 1 aromatic rings. The van der Waals surface area contributed by atoms with Gasteiger partial charge in [0.1, 0.15) is 0 Å². The molecule has 0 aliphatic carbocycles. The molecule has 5 heteroatoms. The molecule has 1 atom stereocenters. The minimum absolute atomic E-state index is 0.0627. The van der Waals surface area contributed by atoms with E-state index in [0.29, 0.717) is 19.5 Å². The molecule has 0 spiro atoms. The summed E-state index contributed by atoms with van der Waals surface area (Å²) < 4.78 is 0. The van der Waals surface area contributed by atoms with E-state index in [0.717, 1.165) is 6.42 Å². The van der Waals surface area contributed by atoms with Gasteiger partial charge in [-0.15, -0.1) is 0 Å². The molecule has 2 N–H and O–H groups in total. The second-order valence-electron chi connectivity index (χ2n) is 7.52. The molecule has 126 valence electrons. The Bertz CT molecular complexity index is 571. The van der Waals surface area contributed by atoms with Crippen LogP contribution in [0.15, 0.2) is 30.3 Å². The van der Waals surface area contributed by atoms with Gasteiger partial charge >= 0.3 is 12.0 Å². The number of aliphatic carboxylic acids is 1. The quantitative estimate of drug-likeness (QED) is 0.877. The van der Waals surface area contributed by atoms with Gasteiger partial charge in [-0.1, -0.05) is 44.2 Å². The Morgan fingerprint density at radius 1 is 1.30 bits per heavy atom. The third-order valence-corrected chi connectivity index (χ3v) is 4.52. The van der Waals surface area contributed by atoms with E-state index in [4.69, 9.17) is 0 Å². The van der Waals surface area contributed by atoms with Crippen molar-refractivity contribution in [3.05, 3.63) is 35.9 Å². The first kappa shape index (κ1) is 17.3. The molecular formula is C18H26N2O3. The Balaban J connectivity index is 1.85. The number of hydrogen-bond donors (Lipinski definition) is 2. The van der Waals surface area contributed by atoms with Crippen LogP contribution >= 0.6 is 0 Å². The lowest BCUT2D eigenvalue weighted by Gasteiger charge is -2.27. The topological polar surface area (TPSA) is 69.6 Å². The summed E-state index contributed by atoms with van der Waals surface area (Å²) in [6.07, 6.45) is 1.38. The number of carboxylic acids is 1. The van der Waals surface area contributed by atoms with Crippen molar-refractivity contribution in [2.45, 2.75) is 33.6 Å². The summed E-state index contributed by atoms with van der Waals surface area (Å²) in [5, 5.41) is 12.2. The van der Waals surface area contributed by atoms with Crippen molar-refractivity contribution in [3.63, 3.8) is 0 Å².